The summed E-state index contributed by atoms with van der Waals surface area (Å²) in [5, 5.41) is 10.1. The number of hydrogen-bond acceptors (Lipinski definition) is 3. The summed E-state index contributed by atoms with van der Waals surface area (Å²) in [6.07, 6.45) is 1.74. The highest BCUT2D eigenvalue weighted by Crippen LogP contribution is 2.20. The molecule has 7 heteroatoms. The van der Waals surface area contributed by atoms with Gasteiger partial charge in [-0.1, -0.05) is 28.1 Å². The topological polar surface area (TPSA) is 71.8 Å². The summed E-state index contributed by atoms with van der Waals surface area (Å²) in [4.78, 5) is 16.5. The van der Waals surface area contributed by atoms with Crippen molar-refractivity contribution in [1.29, 1.82) is 0 Å². The summed E-state index contributed by atoms with van der Waals surface area (Å²) in [7, 11) is 0. The van der Waals surface area contributed by atoms with Crippen LogP contribution < -0.4 is 10.6 Å². The molecule has 0 aliphatic rings. The van der Waals surface area contributed by atoms with Gasteiger partial charge in [0.15, 0.2) is 5.82 Å². The Labute approximate surface area is 160 Å². The highest BCUT2D eigenvalue weighted by atomic mass is 79.9. The molecule has 6 nitrogen and oxygen atoms in total. The molecule has 0 atom stereocenters. The molecule has 0 saturated heterocycles. The first-order chi connectivity index (χ1) is 12.4. The SMILES string of the molecule is Cc1cc(C)n(-c2ccc(CNC(=O)Nc3ccc(C)c(Br)c3)cn2)n1. The molecular formula is C19H20BrN5O. The van der Waals surface area contributed by atoms with Crippen LogP contribution in [0.3, 0.4) is 0 Å². The molecule has 26 heavy (non-hydrogen) atoms. The van der Waals surface area contributed by atoms with Gasteiger partial charge < -0.3 is 10.6 Å². The minimum atomic E-state index is -0.261. The molecule has 0 fully saturated rings. The number of benzene rings is 1. The van der Waals surface area contributed by atoms with Crippen LogP contribution in [0, 0.1) is 20.8 Å². The van der Waals surface area contributed by atoms with Crippen molar-refractivity contribution in [2.75, 3.05) is 5.32 Å². The van der Waals surface area contributed by atoms with Gasteiger partial charge in [0.1, 0.15) is 0 Å². The molecule has 2 heterocycles. The van der Waals surface area contributed by atoms with Gasteiger partial charge in [-0.15, -0.1) is 0 Å². The van der Waals surface area contributed by atoms with Crippen LogP contribution >= 0.6 is 15.9 Å². The molecular weight excluding hydrogens is 394 g/mol. The Kier molecular flexibility index (Phi) is 5.37. The Morgan fingerprint density at radius 3 is 2.58 bits per heavy atom. The normalized spacial score (nSPS) is 10.6. The van der Waals surface area contributed by atoms with E-state index in [2.05, 4.69) is 36.6 Å². The van der Waals surface area contributed by atoms with Crippen LogP contribution in [0.15, 0.2) is 47.1 Å². The maximum Gasteiger partial charge on any atom is 0.319 e. The average Bonchev–Trinajstić information content (AvgIpc) is 2.95. The van der Waals surface area contributed by atoms with Crippen molar-refractivity contribution in [1.82, 2.24) is 20.1 Å². The number of anilines is 1. The third kappa shape index (κ3) is 4.29. The zero-order valence-electron chi connectivity index (χ0n) is 14.9. The Hall–Kier alpha value is -2.67. The fraction of sp³-hybridized carbons (Fsp3) is 0.211. The van der Waals surface area contributed by atoms with Crippen molar-refractivity contribution >= 4 is 27.6 Å². The van der Waals surface area contributed by atoms with Crippen molar-refractivity contribution in [2.45, 2.75) is 27.3 Å². The number of amides is 2. The van der Waals surface area contributed by atoms with Gasteiger partial charge in [0.05, 0.1) is 5.69 Å². The second kappa shape index (κ2) is 7.70. The van der Waals surface area contributed by atoms with E-state index < -0.39 is 0 Å². The molecule has 0 unspecified atom stereocenters. The van der Waals surface area contributed by atoms with E-state index >= 15 is 0 Å². The summed E-state index contributed by atoms with van der Waals surface area (Å²) in [5.74, 6) is 0.758. The van der Waals surface area contributed by atoms with Crippen LogP contribution in [0.5, 0.6) is 0 Å². The smallest absolute Gasteiger partial charge is 0.319 e. The number of pyridine rings is 1. The van der Waals surface area contributed by atoms with E-state index in [9.17, 15) is 4.79 Å². The van der Waals surface area contributed by atoms with E-state index in [4.69, 9.17) is 0 Å². The number of nitrogens with one attached hydrogen (secondary N) is 2. The highest BCUT2D eigenvalue weighted by molar-refractivity contribution is 9.10. The molecule has 134 valence electrons. The van der Waals surface area contributed by atoms with Crippen molar-refractivity contribution in [2.24, 2.45) is 0 Å². The van der Waals surface area contributed by atoms with Crippen LogP contribution in [-0.4, -0.2) is 20.8 Å². The van der Waals surface area contributed by atoms with Crippen LogP contribution in [-0.2, 0) is 6.54 Å². The van der Waals surface area contributed by atoms with Crippen molar-refractivity contribution in [3.05, 3.63) is 69.6 Å². The zero-order valence-corrected chi connectivity index (χ0v) is 16.5. The number of urea groups is 1. The van der Waals surface area contributed by atoms with Crippen molar-refractivity contribution in [3.63, 3.8) is 0 Å². The lowest BCUT2D eigenvalue weighted by Crippen LogP contribution is -2.28. The van der Waals surface area contributed by atoms with Gasteiger partial charge in [-0.05, 0) is 56.2 Å². The van der Waals surface area contributed by atoms with Gasteiger partial charge in [0.2, 0.25) is 0 Å². The molecule has 3 rings (SSSR count). The van der Waals surface area contributed by atoms with Gasteiger partial charge >= 0.3 is 6.03 Å². The number of halogens is 1. The third-order valence-electron chi connectivity index (χ3n) is 3.92. The Morgan fingerprint density at radius 1 is 1.15 bits per heavy atom. The largest absolute Gasteiger partial charge is 0.334 e. The third-order valence-corrected chi connectivity index (χ3v) is 4.77. The molecule has 0 aliphatic carbocycles. The number of rotatable bonds is 4. The Bertz CT molecular complexity index is 934. The predicted molar refractivity (Wildman–Crippen MR) is 106 cm³/mol. The molecule has 0 radical (unpaired) electrons. The first kappa shape index (κ1) is 18.1. The fourth-order valence-electron chi connectivity index (χ4n) is 2.54. The maximum absolute atomic E-state index is 12.0. The number of aryl methyl sites for hydroxylation is 3. The van der Waals surface area contributed by atoms with Gasteiger partial charge in [0, 0.05) is 28.6 Å². The molecule has 2 aromatic heterocycles. The lowest BCUT2D eigenvalue weighted by atomic mass is 10.2. The molecule has 2 N–H and O–H groups in total. The summed E-state index contributed by atoms with van der Waals surface area (Å²) >= 11 is 3.46. The molecule has 0 bridgehead atoms. The summed E-state index contributed by atoms with van der Waals surface area (Å²) in [6, 6.07) is 11.3. The summed E-state index contributed by atoms with van der Waals surface area (Å²) in [6.45, 7) is 6.33. The quantitative estimate of drug-likeness (QED) is 0.670. The first-order valence-corrected chi connectivity index (χ1v) is 9.01. The molecule has 0 spiro atoms. The average molecular weight is 414 g/mol. The van der Waals surface area contributed by atoms with Gasteiger partial charge in [0.25, 0.3) is 0 Å². The van der Waals surface area contributed by atoms with Crippen molar-refractivity contribution in [3.8, 4) is 5.82 Å². The summed E-state index contributed by atoms with van der Waals surface area (Å²) < 4.78 is 2.76. The van der Waals surface area contributed by atoms with Crippen LogP contribution in [0.4, 0.5) is 10.5 Å². The van der Waals surface area contributed by atoms with Crippen LogP contribution in [0.1, 0.15) is 22.5 Å². The second-order valence-electron chi connectivity index (χ2n) is 6.14. The highest BCUT2D eigenvalue weighted by Gasteiger charge is 2.06. The number of aromatic nitrogens is 3. The molecule has 1 aromatic carbocycles. The van der Waals surface area contributed by atoms with E-state index in [1.807, 2.05) is 57.2 Å². The number of hydrogen-bond donors (Lipinski definition) is 2. The van der Waals surface area contributed by atoms with Gasteiger partial charge in [-0.3, -0.25) is 0 Å². The lowest BCUT2D eigenvalue weighted by molar-refractivity contribution is 0.251. The maximum atomic E-state index is 12.0. The van der Waals surface area contributed by atoms with E-state index in [1.54, 1.807) is 10.9 Å². The standard InChI is InChI=1S/C19H20BrN5O/c1-12-4-6-16(9-17(12)20)23-19(26)22-11-15-5-7-18(21-10-15)25-14(3)8-13(2)24-25/h4-10H,11H2,1-3H3,(H2,22,23,26). The van der Waals surface area contributed by atoms with E-state index in [0.717, 1.165) is 38.5 Å². The van der Waals surface area contributed by atoms with Crippen LogP contribution in [0.25, 0.3) is 5.82 Å². The molecule has 2 amide bonds. The number of carbonyl (C=O) groups is 1. The lowest BCUT2D eigenvalue weighted by Gasteiger charge is -2.09. The summed E-state index contributed by atoms with van der Waals surface area (Å²) in [5.41, 5.74) is 4.75. The molecule has 3 aromatic rings. The second-order valence-corrected chi connectivity index (χ2v) is 6.99. The van der Waals surface area contributed by atoms with E-state index in [1.165, 1.54) is 0 Å². The zero-order chi connectivity index (χ0) is 18.7. The molecule has 0 saturated carbocycles. The minimum Gasteiger partial charge on any atom is -0.334 e. The van der Waals surface area contributed by atoms with Gasteiger partial charge in [-0.2, -0.15) is 5.10 Å². The monoisotopic (exact) mass is 413 g/mol. The van der Waals surface area contributed by atoms with E-state index in [0.29, 0.717) is 6.54 Å². The minimum absolute atomic E-state index is 0.261. The van der Waals surface area contributed by atoms with Crippen molar-refractivity contribution < 1.29 is 4.79 Å². The fourth-order valence-corrected chi connectivity index (χ4v) is 2.91. The predicted octanol–water partition coefficient (Wildman–Crippen LogP) is 4.28. The first-order valence-electron chi connectivity index (χ1n) is 8.22. The Balaban J connectivity index is 1.58. The number of carbonyl (C=O) groups excluding carboxylic acids is 1. The molecule has 0 aliphatic heterocycles. The van der Waals surface area contributed by atoms with Crippen LogP contribution in [0.2, 0.25) is 0 Å². The van der Waals surface area contributed by atoms with E-state index in [-0.39, 0.29) is 6.03 Å². The number of nitrogens with zero attached hydrogens (tertiary/aromatic N) is 3. The Morgan fingerprint density at radius 2 is 1.96 bits per heavy atom. The van der Waals surface area contributed by atoms with Gasteiger partial charge in [-0.25, -0.2) is 14.5 Å².